The van der Waals surface area contributed by atoms with E-state index in [2.05, 4.69) is 76.2 Å². The average molecular weight is 627 g/mol. The van der Waals surface area contributed by atoms with Gasteiger partial charge in [-0.25, -0.2) is 0 Å². The van der Waals surface area contributed by atoms with Gasteiger partial charge in [0.15, 0.2) is 18.9 Å². The summed E-state index contributed by atoms with van der Waals surface area (Å²) in [6.45, 7) is 25.5. The largest absolute Gasteiger partial charge is 0.394 e. The fourth-order valence-electron chi connectivity index (χ4n) is 8.98. The van der Waals surface area contributed by atoms with Crippen molar-refractivity contribution < 1.29 is 43.4 Å². The van der Waals surface area contributed by atoms with Crippen LogP contribution in [0.25, 0.3) is 0 Å². The van der Waals surface area contributed by atoms with Crippen molar-refractivity contribution in [3.63, 3.8) is 0 Å². The first-order valence-electron chi connectivity index (χ1n) is 17.6. The predicted octanol–water partition coefficient (Wildman–Crippen LogP) is 5.00. The molecule has 0 aromatic heterocycles. The molecule has 0 aromatic carbocycles. The molecule has 0 amide bonds. The van der Waals surface area contributed by atoms with Gasteiger partial charge in [0.2, 0.25) is 0 Å². The van der Waals surface area contributed by atoms with Crippen molar-refractivity contribution in [2.24, 2.45) is 53.3 Å². The van der Waals surface area contributed by atoms with E-state index in [9.17, 15) is 10.2 Å². The third-order valence-electron chi connectivity index (χ3n) is 13.0. The summed E-state index contributed by atoms with van der Waals surface area (Å²) in [6.07, 6.45) is -2.78. The lowest BCUT2D eigenvalue weighted by molar-refractivity contribution is -0.342. The van der Waals surface area contributed by atoms with Crippen LogP contribution in [0.15, 0.2) is 0 Å². The Kier molecular flexibility index (Phi) is 10.5. The van der Waals surface area contributed by atoms with Crippen LogP contribution in [0, 0.1) is 53.3 Å². The maximum Gasteiger partial charge on any atom is 0.164 e. The molecule has 4 saturated heterocycles. The SMILES string of the molecule is CCC1O[C@H](C)C(C)C(C)[C@@H]1O[C@H]1OC(C)[C@@H]2[C@@H](C1C)C2(C)O[C@@H]1OC(CO)[C@@H](O[C@@H]2OC(C)[C@@H](C)C(C)C2C)[C@H](O)C1C. The van der Waals surface area contributed by atoms with E-state index < -0.39 is 36.5 Å². The van der Waals surface area contributed by atoms with E-state index in [1.165, 1.54) is 0 Å². The van der Waals surface area contributed by atoms with Gasteiger partial charge in [0, 0.05) is 29.6 Å². The van der Waals surface area contributed by atoms with Gasteiger partial charge in [0.1, 0.15) is 12.2 Å². The highest BCUT2D eigenvalue weighted by molar-refractivity contribution is 5.17. The molecule has 0 bridgehead atoms. The summed E-state index contributed by atoms with van der Waals surface area (Å²) in [4.78, 5) is 0. The predicted molar refractivity (Wildman–Crippen MR) is 165 cm³/mol. The van der Waals surface area contributed by atoms with Crippen LogP contribution in [0.3, 0.4) is 0 Å². The van der Waals surface area contributed by atoms with E-state index in [0.717, 1.165) is 6.42 Å². The summed E-state index contributed by atoms with van der Waals surface area (Å²) >= 11 is 0. The van der Waals surface area contributed by atoms with E-state index in [1.807, 2.05) is 6.92 Å². The van der Waals surface area contributed by atoms with Gasteiger partial charge in [-0.2, -0.15) is 0 Å². The Morgan fingerprint density at radius 1 is 0.568 bits per heavy atom. The summed E-state index contributed by atoms with van der Waals surface area (Å²) in [5.41, 5.74) is -0.508. The molecule has 9 nitrogen and oxygen atoms in total. The molecular formula is C35H62O9. The molecule has 256 valence electrons. The lowest BCUT2D eigenvalue weighted by Gasteiger charge is -2.48. The molecule has 5 rings (SSSR count). The van der Waals surface area contributed by atoms with Gasteiger partial charge < -0.3 is 43.4 Å². The highest BCUT2D eigenvalue weighted by Crippen LogP contribution is 2.64. The number of aliphatic hydroxyl groups excluding tert-OH is 2. The van der Waals surface area contributed by atoms with Crippen molar-refractivity contribution in [1.29, 1.82) is 0 Å². The molecule has 44 heavy (non-hydrogen) atoms. The molecule has 1 saturated carbocycles. The topological polar surface area (TPSA) is 105 Å². The number of fused-ring (bicyclic) bond motifs is 1. The number of hydrogen-bond acceptors (Lipinski definition) is 9. The summed E-state index contributed by atoms with van der Waals surface area (Å²) in [5.74, 6) is 1.82. The fourth-order valence-corrected chi connectivity index (χ4v) is 8.98. The maximum absolute atomic E-state index is 11.5. The second-order valence-corrected chi connectivity index (χ2v) is 15.5. The number of hydrogen-bond donors (Lipinski definition) is 2. The molecule has 11 unspecified atom stereocenters. The first kappa shape index (κ1) is 35.0. The smallest absolute Gasteiger partial charge is 0.164 e. The van der Waals surface area contributed by atoms with E-state index in [-0.39, 0.29) is 73.0 Å². The third kappa shape index (κ3) is 6.05. The quantitative estimate of drug-likeness (QED) is 0.385. The van der Waals surface area contributed by atoms with Crippen LogP contribution in [0.5, 0.6) is 0 Å². The Hall–Kier alpha value is -0.360. The number of ether oxygens (including phenoxy) is 7. The van der Waals surface area contributed by atoms with E-state index in [1.54, 1.807) is 0 Å². The van der Waals surface area contributed by atoms with Gasteiger partial charge in [0.25, 0.3) is 0 Å². The normalized spacial score (nSPS) is 58.0. The van der Waals surface area contributed by atoms with Gasteiger partial charge >= 0.3 is 0 Å². The van der Waals surface area contributed by atoms with Gasteiger partial charge in [-0.1, -0.05) is 55.4 Å². The Morgan fingerprint density at radius 2 is 1.14 bits per heavy atom. The van der Waals surface area contributed by atoms with Gasteiger partial charge in [-0.15, -0.1) is 0 Å². The maximum atomic E-state index is 11.5. The molecule has 0 aromatic rings. The Balaban J connectivity index is 1.25. The van der Waals surface area contributed by atoms with Crippen molar-refractivity contribution in [2.45, 2.75) is 163 Å². The molecule has 2 N–H and O–H groups in total. The van der Waals surface area contributed by atoms with Gasteiger partial charge in [-0.3, -0.25) is 0 Å². The van der Waals surface area contributed by atoms with Crippen LogP contribution in [-0.4, -0.2) is 90.1 Å². The zero-order valence-corrected chi connectivity index (χ0v) is 29.2. The molecule has 0 spiro atoms. The van der Waals surface area contributed by atoms with Crippen molar-refractivity contribution >= 4 is 0 Å². The van der Waals surface area contributed by atoms with Crippen LogP contribution in [0.1, 0.15) is 89.5 Å². The Labute approximate surface area is 266 Å². The van der Waals surface area contributed by atoms with Gasteiger partial charge in [0.05, 0.1) is 48.8 Å². The van der Waals surface area contributed by atoms with Gasteiger partial charge in [-0.05, 0) is 57.8 Å². The molecule has 4 aliphatic heterocycles. The van der Waals surface area contributed by atoms with Crippen LogP contribution in [-0.2, 0) is 33.2 Å². The first-order chi connectivity index (χ1) is 20.7. The molecule has 5 aliphatic rings. The second kappa shape index (κ2) is 13.3. The summed E-state index contributed by atoms with van der Waals surface area (Å²) < 4.78 is 45.5. The molecule has 4 heterocycles. The monoisotopic (exact) mass is 626 g/mol. The second-order valence-electron chi connectivity index (χ2n) is 15.5. The van der Waals surface area contributed by atoms with Crippen molar-refractivity contribution in [3.8, 4) is 0 Å². The zero-order chi connectivity index (χ0) is 32.4. The fraction of sp³-hybridized carbons (Fsp3) is 1.00. The average Bonchev–Trinajstić information content (AvgIpc) is 3.62. The number of rotatable bonds is 8. The van der Waals surface area contributed by atoms with Crippen LogP contribution in [0.2, 0.25) is 0 Å². The first-order valence-corrected chi connectivity index (χ1v) is 17.6. The standard InChI is InChI=1S/C35H62O9/c1-13-25-30(18(5)17(4)22(9)38-25)42-33-20(7)27-28(24(11)40-33)35(27,12)44-34-21(8)29(37)31(26(14-36)41-34)43-32-19(6)15(2)16(3)23(10)39-32/h15-34,36-37H,13-14H2,1-12H3/t15?,16-,17?,18?,19?,20?,21?,22+,23?,24?,25?,26?,27+,28+,29+,30-,31+,32-,33+,34-,35?/m0/s1. The van der Waals surface area contributed by atoms with Crippen LogP contribution in [0.4, 0.5) is 0 Å². The highest BCUT2D eigenvalue weighted by atomic mass is 16.7. The van der Waals surface area contributed by atoms with Crippen molar-refractivity contribution in [1.82, 2.24) is 0 Å². The molecule has 9 heteroatoms. The van der Waals surface area contributed by atoms with Crippen LogP contribution >= 0.6 is 0 Å². The summed E-state index contributed by atoms with van der Waals surface area (Å²) in [5, 5.41) is 21.9. The summed E-state index contributed by atoms with van der Waals surface area (Å²) in [6, 6.07) is 0. The molecule has 0 radical (unpaired) electrons. The lowest BCUT2D eigenvalue weighted by Crippen LogP contribution is -2.59. The highest BCUT2D eigenvalue weighted by Gasteiger charge is 2.72. The minimum atomic E-state index is -0.888. The van der Waals surface area contributed by atoms with E-state index in [0.29, 0.717) is 23.7 Å². The zero-order valence-electron chi connectivity index (χ0n) is 29.2. The van der Waals surface area contributed by atoms with E-state index >= 15 is 0 Å². The molecule has 21 atom stereocenters. The lowest BCUT2D eigenvalue weighted by atomic mass is 9.79. The van der Waals surface area contributed by atoms with Crippen molar-refractivity contribution in [3.05, 3.63) is 0 Å². The summed E-state index contributed by atoms with van der Waals surface area (Å²) in [7, 11) is 0. The molecule has 5 fully saturated rings. The van der Waals surface area contributed by atoms with Crippen LogP contribution < -0.4 is 0 Å². The third-order valence-corrected chi connectivity index (χ3v) is 13.0. The minimum absolute atomic E-state index is 0.0301. The molecule has 1 aliphatic carbocycles. The van der Waals surface area contributed by atoms with E-state index in [4.69, 9.17) is 33.2 Å². The Bertz CT molecular complexity index is 962. The molecular weight excluding hydrogens is 564 g/mol. The number of aliphatic hydroxyl groups is 2. The minimum Gasteiger partial charge on any atom is -0.394 e. The van der Waals surface area contributed by atoms with Crippen molar-refractivity contribution in [2.75, 3.05) is 6.61 Å². The Morgan fingerprint density at radius 3 is 1.77 bits per heavy atom.